The van der Waals surface area contributed by atoms with E-state index in [0.717, 1.165) is 57.6 Å². The Bertz CT molecular complexity index is 1030. The van der Waals surface area contributed by atoms with Crippen molar-refractivity contribution in [1.29, 1.82) is 5.26 Å². The van der Waals surface area contributed by atoms with Crippen LogP contribution in [0.1, 0.15) is 58.9 Å². The number of aryl methyl sites for hydroxylation is 1. The van der Waals surface area contributed by atoms with Gasteiger partial charge in [0.05, 0.1) is 18.7 Å². The monoisotopic (exact) mass is 343 g/mol. The molecule has 0 N–H and O–H groups in total. The van der Waals surface area contributed by atoms with E-state index >= 15 is 0 Å². The average Bonchev–Trinajstić information content (AvgIpc) is 3.05. The van der Waals surface area contributed by atoms with Crippen molar-refractivity contribution in [2.24, 2.45) is 0 Å². The highest BCUT2D eigenvalue weighted by molar-refractivity contribution is 6.33. The van der Waals surface area contributed by atoms with E-state index in [9.17, 15) is 10.1 Å². The molecule has 2 aromatic rings. The topological polar surface area (TPSA) is 50.1 Å². The van der Waals surface area contributed by atoms with Crippen LogP contribution in [0.25, 0.3) is 5.57 Å². The largest absolute Gasteiger partial charge is 0.496 e. The molecule has 0 fully saturated rings. The lowest BCUT2D eigenvalue weighted by Gasteiger charge is -2.35. The first kappa shape index (κ1) is 16.6. The molecular weight excluding hydrogens is 322 g/mol. The van der Waals surface area contributed by atoms with Gasteiger partial charge in [0, 0.05) is 16.6 Å². The van der Waals surface area contributed by atoms with Crippen LogP contribution in [-0.4, -0.2) is 12.9 Å². The second kappa shape index (κ2) is 5.57. The second-order valence-corrected chi connectivity index (χ2v) is 7.53. The molecule has 0 saturated heterocycles. The van der Waals surface area contributed by atoms with Crippen LogP contribution in [0.2, 0.25) is 0 Å². The summed E-state index contributed by atoms with van der Waals surface area (Å²) in [6.45, 7) is 6.42. The summed E-state index contributed by atoms with van der Waals surface area (Å²) >= 11 is 0. The molecule has 0 aliphatic heterocycles. The van der Waals surface area contributed by atoms with Crippen LogP contribution in [-0.2, 0) is 18.3 Å². The number of carbonyl (C=O) groups excluding carboxylic acids is 1. The van der Waals surface area contributed by atoms with Crippen molar-refractivity contribution < 1.29 is 9.53 Å². The fraction of sp³-hybridized carbons (Fsp3) is 0.304. The maximum atomic E-state index is 13.4. The third-order valence-electron chi connectivity index (χ3n) is 5.87. The molecule has 0 amide bonds. The van der Waals surface area contributed by atoms with Gasteiger partial charge < -0.3 is 4.74 Å². The Morgan fingerprint density at radius 2 is 1.96 bits per heavy atom. The number of allylic oxidation sites excluding steroid dienone is 2. The Labute approximate surface area is 153 Å². The lowest BCUT2D eigenvalue weighted by atomic mass is 9.68. The summed E-state index contributed by atoms with van der Waals surface area (Å²) in [5.74, 6) is 0.939. The number of hydrogen-bond acceptors (Lipinski definition) is 3. The van der Waals surface area contributed by atoms with E-state index in [1.807, 2.05) is 24.3 Å². The Kier molecular flexibility index (Phi) is 3.56. The van der Waals surface area contributed by atoms with Gasteiger partial charge in [-0.2, -0.15) is 5.26 Å². The van der Waals surface area contributed by atoms with Crippen LogP contribution in [0, 0.1) is 11.3 Å². The number of ketones is 1. The molecular formula is C23H21NO2. The number of benzene rings is 2. The fourth-order valence-electron chi connectivity index (χ4n) is 4.38. The lowest BCUT2D eigenvalue weighted by molar-refractivity contribution is 0.105. The Hall–Kier alpha value is -2.86. The first-order chi connectivity index (χ1) is 12.4. The summed E-state index contributed by atoms with van der Waals surface area (Å²) in [5, 5.41) is 9.19. The predicted octanol–water partition coefficient (Wildman–Crippen LogP) is 4.61. The van der Waals surface area contributed by atoms with Crippen molar-refractivity contribution in [3.63, 3.8) is 0 Å². The number of fused-ring (bicyclic) bond motifs is 3. The summed E-state index contributed by atoms with van der Waals surface area (Å²) in [6.07, 6.45) is 1.54. The van der Waals surface area contributed by atoms with Crippen molar-refractivity contribution in [3.05, 3.63) is 69.3 Å². The first-order valence-electron chi connectivity index (χ1n) is 8.95. The van der Waals surface area contributed by atoms with Gasteiger partial charge in [-0.3, -0.25) is 4.79 Å². The number of hydrogen-bond donors (Lipinski definition) is 0. The summed E-state index contributed by atoms with van der Waals surface area (Å²) in [7, 11) is 1.68. The number of methoxy groups -OCH3 is 1. The predicted molar refractivity (Wildman–Crippen MR) is 102 cm³/mol. The highest BCUT2D eigenvalue weighted by atomic mass is 16.5. The van der Waals surface area contributed by atoms with Crippen LogP contribution in [0.15, 0.2) is 35.9 Å². The molecule has 130 valence electrons. The molecule has 2 aliphatic carbocycles. The summed E-state index contributed by atoms with van der Waals surface area (Å²) in [4.78, 5) is 13.4. The standard InChI is InChI=1S/C23H21NO2/c1-5-14-9-17-18(11-20(14)26-4)23(2,3)19-10-15-8-13(12-24)6-7-16(15)21(19)22(17)25/h6-9,11H,5,10H2,1-4H3. The molecule has 0 bridgehead atoms. The zero-order valence-corrected chi connectivity index (χ0v) is 15.6. The first-order valence-corrected chi connectivity index (χ1v) is 8.95. The van der Waals surface area contributed by atoms with Crippen LogP contribution >= 0.6 is 0 Å². The smallest absolute Gasteiger partial charge is 0.193 e. The Morgan fingerprint density at radius 3 is 2.62 bits per heavy atom. The lowest BCUT2D eigenvalue weighted by Crippen LogP contribution is -2.30. The van der Waals surface area contributed by atoms with Crippen LogP contribution in [0.3, 0.4) is 0 Å². The third kappa shape index (κ3) is 2.08. The van der Waals surface area contributed by atoms with Gasteiger partial charge in [-0.05, 0) is 64.9 Å². The molecule has 2 aromatic carbocycles. The number of nitrogens with zero attached hydrogens (tertiary/aromatic N) is 1. The molecule has 0 spiro atoms. The maximum absolute atomic E-state index is 13.4. The Morgan fingerprint density at radius 1 is 1.19 bits per heavy atom. The molecule has 0 aromatic heterocycles. The van der Waals surface area contributed by atoms with Crippen molar-refractivity contribution >= 4 is 11.4 Å². The van der Waals surface area contributed by atoms with Crippen LogP contribution in [0.5, 0.6) is 5.75 Å². The number of Topliss-reactive ketones (excluding diaryl/α,β-unsaturated/α-hetero) is 1. The second-order valence-electron chi connectivity index (χ2n) is 7.53. The van der Waals surface area contributed by atoms with E-state index in [1.54, 1.807) is 13.2 Å². The van der Waals surface area contributed by atoms with Gasteiger partial charge in [0.25, 0.3) is 0 Å². The van der Waals surface area contributed by atoms with Crippen molar-refractivity contribution in [3.8, 4) is 11.8 Å². The molecule has 4 rings (SSSR count). The van der Waals surface area contributed by atoms with Gasteiger partial charge in [0.1, 0.15) is 5.75 Å². The molecule has 3 heteroatoms. The summed E-state index contributed by atoms with van der Waals surface area (Å²) < 4.78 is 5.57. The SMILES string of the molecule is CCc1cc2c(cc1OC)C(C)(C)C1=C(C2=O)c2ccc(C#N)cc2C1. The van der Waals surface area contributed by atoms with Crippen LogP contribution in [0.4, 0.5) is 0 Å². The maximum Gasteiger partial charge on any atom is 0.193 e. The van der Waals surface area contributed by atoms with Crippen molar-refractivity contribution in [1.82, 2.24) is 0 Å². The minimum Gasteiger partial charge on any atom is -0.496 e. The minimum atomic E-state index is -0.260. The van der Waals surface area contributed by atoms with Gasteiger partial charge in [-0.25, -0.2) is 0 Å². The van der Waals surface area contributed by atoms with Crippen molar-refractivity contribution in [2.45, 2.75) is 39.0 Å². The zero-order valence-electron chi connectivity index (χ0n) is 15.6. The summed E-state index contributed by atoms with van der Waals surface area (Å²) in [6, 6.07) is 11.9. The Balaban J connectivity index is 1.95. The van der Waals surface area contributed by atoms with Gasteiger partial charge in [-0.15, -0.1) is 0 Å². The van der Waals surface area contributed by atoms with Crippen LogP contribution < -0.4 is 4.74 Å². The van der Waals surface area contributed by atoms with E-state index < -0.39 is 0 Å². The van der Waals surface area contributed by atoms with E-state index in [0.29, 0.717) is 5.56 Å². The van der Waals surface area contributed by atoms with E-state index in [1.165, 1.54) is 0 Å². The normalized spacial score (nSPS) is 16.7. The van der Waals surface area contributed by atoms with Gasteiger partial charge in [0.15, 0.2) is 5.78 Å². The van der Waals surface area contributed by atoms with Gasteiger partial charge in [-0.1, -0.05) is 26.8 Å². The number of nitriles is 1. The number of ether oxygens (including phenoxy) is 1. The summed E-state index contributed by atoms with van der Waals surface area (Å²) in [5.41, 5.74) is 7.28. The molecule has 26 heavy (non-hydrogen) atoms. The van der Waals surface area contributed by atoms with Gasteiger partial charge >= 0.3 is 0 Å². The quantitative estimate of drug-likeness (QED) is 0.800. The number of carbonyl (C=O) groups is 1. The molecule has 0 atom stereocenters. The molecule has 0 heterocycles. The zero-order chi connectivity index (χ0) is 18.6. The molecule has 0 radical (unpaired) electrons. The molecule has 2 aliphatic rings. The van der Waals surface area contributed by atoms with E-state index in [4.69, 9.17) is 4.74 Å². The highest BCUT2D eigenvalue weighted by Crippen LogP contribution is 2.50. The molecule has 0 saturated carbocycles. The minimum absolute atomic E-state index is 0.0927. The van der Waals surface area contributed by atoms with Crippen molar-refractivity contribution in [2.75, 3.05) is 7.11 Å². The van der Waals surface area contributed by atoms with Gasteiger partial charge in [0.2, 0.25) is 0 Å². The third-order valence-corrected chi connectivity index (χ3v) is 5.87. The number of rotatable bonds is 2. The van der Waals surface area contributed by atoms with E-state index in [2.05, 4.69) is 26.8 Å². The molecule has 0 unspecified atom stereocenters. The van der Waals surface area contributed by atoms with E-state index in [-0.39, 0.29) is 11.2 Å². The average molecular weight is 343 g/mol. The molecule has 3 nitrogen and oxygen atoms in total. The fourth-order valence-corrected chi connectivity index (χ4v) is 4.38. The highest BCUT2D eigenvalue weighted by Gasteiger charge is 2.43.